The number of carbonyl (C=O) groups is 2. The van der Waals surface area contributed by atoms with Gasteiger partial charge in [-0.3, -0.25) is 9.35 Å². The quantitative estimate of drug-likeness (QED) is 0.203. The van der Waals surface area contributed by atoms with Gasteiger partial charge in [-0.1, -0.05) is 0 Å². The summed E-state index contributed by atoms with van der Waals surface area (Å²) >= 11 is 4.04. The summed E-state index contributed by atoms with van der Waals surface area (Å²) in [7, 11) is -6.38. The number of esters is 2. The molecule has 1 aromatic carbocycles. The van der Waals surface area contributed by atoms with Crippen molar-refractivity contribution in [1.82, 2.24) is 0 Å². The molecule has 0 radical (unpaired) electrons. The van der Waals surface area contributed by atoms with Crippen LogP contribution in [0.2, 0.25) is 0 Å². The van der Waals surface area contributed by atoms with Crippen molar-refractivity contribution >= 4 is 67.2 Å². The van der Waals surface area contributed by atoms with Gasteiger partial charge in [0.25, 0.3) is 5.79 Å². The van der Waals surface area contributed by atoms with Crippen molar-refractivity contribution in [3.05, 3.63) is 24.8 Å². The summed E-state index contributed by atoms with van der Waals surface area (Å²) in [5.41, 5.74) is 0.263. The Balaban J connectivity index is 1.38. The Morgan fingerprint density at radius 2 is 1.91 bits per heavy atom. The molecule has 188 valence electrons. The fourth-order valence-electron chi connectivity index (χ4n) is 4.04. The number of hydrogen-bond donors (Lipinski definition) is 1. The number of halogens is 6. The topological polar surface area (TPSA) is 125 Å². The summed E-state index contributed by atoms with van der Waals surface area (Å²) in [6, 6.07) is 3.37. The first-order valence-electron chi connectivity index (χ1n) is 9.55. The molecule has 1 spiro atoms. The molecular formula is C18H14F4I2O9S. The van der Waals surface area contributed by atoms with Crippen LogP contribution in [-0.2, 0) is 29.1 Å². The summed E-state index contributed by atoms with van der Waals surface area (Å²) in [5, 5.41) is -5.75. The van der Waals surface area contributed by atoms with E-state index < -0.39 is 70.2 Å². The number of rotatable bonds is 6. The molecule has 16 heteroatoms. The summed E-state index contributed by atoms with van der Waals surface area (Å²) < 4.78 is 106. The van der Waals surface area contributed by atoms with Gasteiger partial charge in [0.2, 0.25) is 0 Å². The van der Waals surface area contributed by atoms with Crippen LogP contribution < -0.4 is 4.74 Å². The minimum atomic E-state index is -6.38. The number of ether oxygens (including phenoxy) is 4. The molecule has 4 atom stereocenters. The van der Waals surface area contributed by atoms with Crippen LogP contribution in [0.25, 0.3) is 0 Å². The number of benzene rings is 1. The van der Waals surface area contributed by atoms with Gasteiger partial charge >= 0.3 is 33.2 Å². The molecular weight excluding hydrogens is 722 g/mol. The smallest absolute Gasteiger partial charge is 0.431 e. The SMILES string of the molecule is O=C1OC2(CC3OC2CC3C(=O)OCCC(F)(F)C(F)(F)S(=O)(=O)O)Oc2ccc(I)c(I)c21. The fourth-order valence-corrected chi connectivity index (χ4v) is 5.63. The third-order valence-corrected chi connectivity index (χ3v) is 9.75. The zero-order valence-corrected chi connectivity index (χ0v) is 21.7. The average Bonchev–Trinajstić information content (AvgIpc) is 3.27. The van der Waals surface area contributed by atoms with Gasteiger partial charge in [0.15, 0.2) is 0 Å². The Morgan fingerprint density at radius 3 is 2.50 bits per heavy atom. The van der Waals surface area contributed by atoms with Crippen LogP contribution in [0.5, 0.6) is 5.75 Å². The zero-order valence-electron chi connectivity index (χ0n) is 16.6. The highest BCUT2D eigenvalue weighted by molar-refractivity contribution is 14.1. The highest BCUT2D eigenvalue weighted by atomic mass is 127. The molecule has 2 bridgehead atoms. The van der Waals surface area contributed by atoms with Crippen molar-refractivity contribution in [2.75, 3.05) is 6.61 Å². The average molecular weight is 736 g/mol. The number of alkyl halides is 4. The zero-order chi connectivity index (χ0) is 25.3. The molecule has 3 heterocycles. The van der Waals surface area contributed by atoms with Crippen molar-refractivity contribution in [2.24, 2.45) is 5.92 Å². The summed E-state index contributed by atoms with van der Waals surface area (Å²) in [6.45, 7) is -1.23. The molecule has 2 saturated heterocycles. The van der Waals surface area contributed by atoms with Gasteiger partial charge in [0.1, 0.15) is 17.4 Å². The Labute approximate surface area is 216 Å². The van der Waals surface area contributed by atoms with E-state index in [2.05, 4.69) is 27.3 Å². The lowest BCUT2D eigenvalue weighted by Crippen LogP contribution is -2.53. The molecule has 0 amide bonds. The minimum Gasteiger partial charge on any atom is -0.465 e. The lowest BCUT2D eigenvalue weighted by atomic mass is 9.84. The summed E-state index contributed by atoms with van der Waals surface area (Å²) in [6.07, 6.45) is -3.66. The number of fused-ring (bicyclic) bond motifs is 4. The van der Waals surface area contributed by atoms with Gasteiger partial charge in [-0.2, -0.15) is 26.0 Å². The number of hydrogen-bond acceptors (Lipinski definition) is 8. The minimum absolute atomic E-state index is 0.0505. The van der Waals surface area contributed by atoms with Gasteiger partial charge in [-0.05, 0) is 63.7 Å². The van der Waals surface area contributed by atoms with Crippen molar-refractivity contribution in [1.29, 1.82) is 0 Å². The normalized spacial score (nSPS) is 28.4. The van der Waals surface area contributed by atoms with E-state index in [1.165, 1.54) is 0 Å². The second-order valence-electron chi connectivity index (χ2n) is 7.86. The van der Waals surface area contributed by atoms with Gasteiger partial charge in [-0.15, -0.1) is 0 Å². The Bertz CT molecular complexity index is 1160. The van der Waals surface area contributed by atoms with Crippen molar-refractivity contribution < 1.29 is 59.1 Å². The molecule has 0 aromatic heterocycles. The predicted octanol–water partition coefficient (Wildman–Crippen LogP) is 3.37. The summed E-state index contributed by atoms with van der Waals surface area (Å²) in [4.78, 5) is 25.0. The molecule has 9 nitrogen and oxygen atoms in total. The van der Waals surface area contributed by atoms with Crippen LogP contribution in [0.1, 0.15) is 29.6 Å². The molecule has 1 aromatic rings. The van der Waals surface area contributed by atoms with Gasteiger partial charge in [0.05, 0.1) is 31.5 Å². The molecule has 4 unspecified atom stereocenters. The van der Waals surface area contributed by atoms with E-state index in [0.29, 0.717) is 9.32 Å². The van der Waals surface area contributed by atoms with Crippen molar-refractivity contribution in [3.63, 3.8) is 0 Å². The molecule has 3 aliphatic heterocycles. The van der Waals surface area contributed by atoms with Crippen LogP contribution in [-0.4, -0.2) is 60.7 Å². The third-order valence-electron chi connectivity index (χ3n) is 5.75. The first-order valence-corrected chi connectivity index (χ1v) is 13.1. The molecule has 2 fully saturated rings. The van der Waals surface area contributed by atoms with E-state index >= 15 is 0 Å². The second kappa shape index (κ2) is 8.55. The van der Waals surface area contributed by atoms with E-state index in [-0.39, 0.29) is 18.4 Å². The molecule has 1 N–H and O–H groups in total. The monoisotopic (exact) mass is 736 g/mol. The lowest BCUT2D eigenvalue weighted by Gasteiger charge is -2.39. The fraction of sp³-hybridized carbons (Fsp3) is 0.556. The van der Waals surface area contributed by atoms with E-state index in [1.807, 2.05) is 22.6 Å². The number of carbonyl (C=O) groups excluding carboxylic acids is 2. The van der Waals surface area contributed by atoms with Gasteiger partial charge in [-0.25, -0.2) is 4.79 Å². The lowest BCUT2D eigenvalue weighted by molar-refractivity contribution is -0.187. The van der Waals surface area contributed by atoms with E-state index in [9.17, 15) is 35.6 Å². The standard InChI is InChI=1S/C18H14F4I2O9S/c19-17(20,18(21,22)34(27,28)29)3-4-30-14(25)7-5-11-16(6-10(7)31-11)32-9-2-1-8(23)13(24)12(9)15(26)33-16/h1-2,7,10-11H,3-6H2,(H,27,28,29). The van der Waals surface area contributed by atoms with Crippen LogP contribution in [0.15, 0.2) is 12.1 Å². The Morgan fingerprint density at radius 1 is 1.24 bits per heavy atom. The molecule has 4 rings (SSSR count). The van der Waals surface area contributed by atoms with Crippen molar-refractivity contribution in [2.45, 2.75) is 48.4 Å². The van der Waals surface area contributed by atoms with Crippen LogP contribution >= 0.6 is 45.2 Å². The predicted molar refractivity (Wildman–Crippen MR) is 119 cm³/mol. The van der Waals surface area contributed by atoms with E-state index in [4.69, 9.17) is 18.8 Å². The molecule has 34 heavy (non-hydrogen) atoms. The van der Waals surface area contributed by atoms with Crippen LogP contribution in [0.3, 0.4) is 0 Å². The molecule has 0 saturated carbocycles. The van der Waals surface area contributed by atoms with Crippen LogP contribution in [0.4, 0.5) is 17.6 Å². The molecule has 3 aliphatic rings. The Hall–Kier alpha value is -0.990. The second-order valence-corrected chi connectivity index (χ2v) is 11.6. The van der Waals surface area contributed by atoms with Crippen LogP contribution in [0, 0.1) is 13.1 Å². The highest BCUT2D eigenvalue weighted by Gasteiger charge is 2.66. The largest absolute Gasteiger partial charge is 0.465 e. The third kappa shape index (κ3) is 4.15. The first-order chi connectivity index (χ1) is 15.6. The maximum absolute atomic E-state index is 13.6. The van der Waals surface area contributed by atoms with E-state index in [0.717, 1.165) is 3.57 Å². The summed E-state index contributed by atoms with van der Waals surface area (Å²) in [5.74, 6) is -8.99. The Kier molecular flexibility index (Phi) is 6.56. The maximum Gasteiger partial charge on any atom is 0.431 e. The molecule has 0 aliphatic carbocycles. The van der Waals surface area contributed by atoms with Gasteiger partial charge < -0.3 is 18.9 Å². The van der Waals surface area contributed by atoms with Gasteiger partial charge in [0, 0.05) is 7.14 Å². The van der Waals surface area contributed by atoms with E-state index in [1.54, 1.807) is 12.1 Å². The van der Waals surface area contributed by atoms with Crippen molar-refractivity contribution in [3.8, 4) is 5.75 Å². The highest BCUT2D eigenvalue weighted by Crippen LogP contribution is 2.51. The first kappa shape index (κ1) is 26.1. The maximum atomic E-state index is 13.6.